The van der Waals surface area contributed by atoms with E-state index in [4.69, 9.17) is 9.47 Å². The minimum Gasteiger partial charge on any atom is -0.467 e. The molecule has 0 aliphatic carbocycles. The molecule has 1 aliphatic heterocycles. The number of benzene rings is 1. The second-order valence-electron chi connectivity index (χ2n) is 2.66. The van der Waals surface area contributed by atoms with E-state index in [0.717, 1.165) is 5.75 Å². The molecular weight excluding hydrogens is 140 g/mol. The van der Waals surface area contributed by atoms with Gasteiger partial charge in [-0.2, -0.15) is 0 Å². The minimum absolute atomic E-state index is 0.385. The van der Waals surface area contributed by atoms with Gasteiger partial charge >= 0.3 is 0 Å². The first kappa shape index (κ1) is 6.68. The van der Waals surface area contributed by atoms with Gasteiger partial charge in [-0.15, -0.1) is 0 Å². The van der Waals surface area contributed by atoms with Gasteiger partial charge in [0, 0.05) is 5.56 Å². The lowest BCUT2D eigenvalue weighted by Gasteiger charge is -2.18. The van der Waals surface area contributed by atoms with Crippen molar-refractivity contribution < 1.29 is 9.47 Å². The van der Waals surface area contributed by atoms with Gasteiger partial charge in [-0.1, -0.05) is 12.1 Å². The van der Waals surface area contributed by atoms with Gasteiger partial charge in [0.05, 0.1) is 6.61 Å². The van der Waals surface area contributed by atoms with Crippen LogP contribution in [0.2, 0.25) is 0 Å². The van der Waals surface area contributed by atoms with Crippen LogP contribution in [0.3, 0.4) is 0 Å². The Labute approximate surface area is 65.7 Å². The first-order chi connectivity index (χ1) is 5.38. The van der Waals surface area contributed by atoms with E-state index in [-0.39, 0.29) is 0 Å². The molecule has 2 heteroatoms. The Morgan fingerprint density at radius 1 is 1.36 bits per heavy atom. The zero-order valence-corrected chi connectivity index (χ0v) is 6.46. The minimum atomic E-state index is 0.385. The Bertz CT molecular complexity index is 268. The van der Waals surface area contributed by atoms with Gasteiger partial charge in [0.2, 0.25) is 0 Å². The Balaban J connectivity index is 2.49. The lowest BCUT2D eigenvalue weighted by atomic mass is 10.1. The van der Waals surface area contributed by atoms with E-state index in [1.54, 1.807) is 0 Å². The van der Waals surface area contributed by atoms with Crippen LogP contribution in [-0.2, 0) is 11.3 Å². The summed E-state index contributed by atoms with van der Waals surface area (Å²) < 4.78 is 10.4. The summed E-state index contributed by atoms with van der Waals surface area (Å²) in [4.78, 5) is 0. The number of hydrogen-bond acceptors (Lipinski definition) is 2. The fraction of sp³-hybridized carbons (Fsp3) is 0.333. The standard InChI is InChI=1S/C9H10O2/c1-7-3-2-4-9-8(7)5-10-6-11-9/h2-4H,5-6H2,1H3. The lowest BCUT2D eigenvalue weighted by molar-refractivity contribution is -0.0166. The summed E-state index contributed by atoms with van der Waals surface area (Å²) in [5, 5.41) is 0. The van der Waals surface area contributed by atoms with Crippen LogP contribution in [0.25, 0.3) is 0 Å². The van der Waals surface area contributed by atoms with Gasteiger partial charge in [0.25, 0.3) is 0 Å². The van der Waals surface area contributed by atoms with Crippen LogP contribution in [-0.4, -0.2) is 6.79 Å². The Kier molecular flexibility index (Phi) is 1.55. The van der Waals surface area contributed by atoms with Gasteiger partial charge in [0.15, 0.2) is 6.79 Å². The zero-order valence-electron chi connectivity index (χ0n) is 6.46. The second kappa shape index (κ2) is 2.55. The van der Waals surface area contributed by atoms with E-state index in [0.29, 0.717) is 13.4 Å². The van der Waals surface area contributed by atoms with Crippen LogP contribution in [0, 0.1) is 6.92 Å². The quantitative estimate of drug-likeness (QED) is 0.562. The molecule has 2 rings (SSSR count). The van der Waals surface area contributed by atoms with E-state index in [9.17, 15) is 0 Å². The molecule has 0 spiro atoms. The van der Waals surface area contributed by atoms with Crippen LogP contribution in [0.1, 0.15) is 11.1 Å². The Morgan fingerprint density at radius 3 is 3.09 bits per heavy atom. The number of ether oxygens (including phenoxy) is 2. The molecule has 2 nitrogen and oxygen atoms in total. The average Bonchev–Trinajstić information content (AvgIpc) is 2.06. The highest BCUT2D eigenvalue weighted by Crippen LogP contribution is 2.25. The lowest BCUT2D eigenvalue weighted by Crippen LogP contribution is -2.11. The molecule has 11 heavy (non-hydrogen) atoms. The fourth-order valence-corrected chi connectivity index (χ4v) is 1.24. The summed E-state index contributed by atoms with van der Waals surface area (Å²) in [5.74, 6) is 0.969. The highest BCUT2D eigenvalue weighted by Gasteiger charge is 2.10. The number of hydrogen-bond donors (Lipinski definition) is 0. The summed E-state index contributed by atoms with van der Waals surface area (Å²) in [5.41, 5.74) is 2.42. The van der Waals surface area contributed by atoms with Gasteiger partial charge < -0.3 is 9.47 Å². The summed E-state index contributed by atoms with van der Waals surface area (Å²) in [7, 11) is 0. The van der Waals surface area contributed by atoms with E-state index >= 15 is 0 Å². The predicted molar refractivity (Wildman–Crippen MR) is 41.5 cm³/mol. The molecule has 0 aromatic heterocycles. The maximum atomic E-state index is 5.28. The van der Waals surface area contributed by atoms with Crippen LogP contribution in [0.4, 0.5) is 0 Å². The molecule has 0 saturated carbocycles. The normalized spacial score (nSPS) is 15.4. The van der Waals surface area contributed by atoms with Crippen molar-refractivity contribution in [2.75, 3.05) is 6.79 Å². The summed E-state index contributed by atoms with van der Waals surface area (Å²) >= 11 is 0. The van der Waals surface area contributed by atoms with Crippen molar-refractivity contribution in [1.29, 1.82) is 0 Å². The molecule has 1 aliphatic rings. The second-order valence-corrected chi connectivity index (χ2v) is 2.66. The first-order valence-corrected chi connectivity index (χ1v) is 3.67. The molecule has 0 fully saturated rings. The van der Waals surface area contributed by atoms with Crippen LogP contribution < -0.4 is 4.74 Å². The van der Waals surface area contributed by atoms with Crippen LogP contribution >= 0.6 is 0 Å². The number of fused-ring (bicyclic) bond motifs is 1. The van der Waals surface area contributed by atoms with Crippen LogP contribution in [0.5, 0.6) is 5.75 Å². The summed E-state index contributed by atoms with van der Waals surface area (Å²) in [6, 6.07) is 6.04. The number of aryl methyl sites for hydroxylation is 1. The molecule has 0 N–H and O–H groups in total. The molecule has 58 valence electrons. The highest BCUT2D eigenvalue weighted by atomic mass is 16.7. The van der Waals surface area contributed by atoms with E-state index in [1.807, 2.05) is 12.1 Å². The van der Waals surface area contributed by atoms with Gasteiger partial charge in [-0.05, 0) is 18.6 Å². The molecule has 1 heterocycles. The smallest absolute Gasteiger partial charge is 0.189 e. The summed E-state index contributed by atoms with van der Waals surface area (Å²) in [6.45, 7) is 3.13. The third-order valence-electron chi connectivity index (χ3n) is 1.91. The third kappa shape index (κ3) is 1.10. The van der Waals surface area contributed by atoms with Crippen molar-refractivity contribution >= 4 is 0 Å². The molecule has 0 bridgehead atoms. The SMILES string of the molecule is Cc1cccc2c1COCO2. The topological polar surface area (TPSA) is 18.5 Å². The van der Waals surface area contributed by atoms with E-state index < -0.39 is 0 Å². The largest absolute Gasteiger partial charge is 0.467 e. The molecule has 1 aromatic carbocycles. The average molecular weight is 150 g/mol. The van der Waals surface area contributed by atoms with Crippen molar-refractivity contribution in [1.82, 2.24) is 0 Å². The molecule has 0 amide bonds. The van der Waals surface area contributed by atoms with Crippen molar-refractivity contribution in [3.63, 3.8) is 0 Å². The van der Waals surface area contributed by atoms with Gasteiger partial charge in [-0.3, -0.25) is 0 Å². The van der Waals surface area contributed by atoms with E-state index in [1.165, 1.54) is 11.1 Å². The van der Waals surface area contributed by atoms with Crippen molar-refractivity contribution in [3.05, 3.63) is 29.3 Å². The highest BCUT2D eigenvalue weighted by molar-refractivity contribution is 5.39. The molecule has 0 saturated heterocycles. The van der Waals surface area contributed by atoms with Gasteiger partial charge in [-0.25, -0.2) is 0 Å². The van der Waals surface area contributed by atoms with Crippen molar-refractivity contribution in [2.45, 2.75) is 13.5 Å². The predicted octanol–water partition coefficient (Wildman–Crippen LogP) is 1.86. The van der Waals surface area contributed by atoms with E-state index in [2.05, 4.69) is 13.0 Å². The zero-order chi connectivity index (χ0) is 7.68. The molecule has 0 radical (unpaired) electrons. The third-order valence-corrected chi connectivity index (χ3v) is 1.91. The molecule has 0 unspecified atom stereocenters. The monoisotopic (exact) mass is 150 g/mol. The number of rotatable bonds is 0. The summed E-state index contributed by atoms with van der Waals surface area (Å²) in [6.07, 6.45) is 0. The molecular formula is C9H10O2. The molecule has 0 atom stereocenters. The molecule has 1 aromatic rings. The fourth-order valence-electron chi connectivity index (χ4n) is 1.24. The van der Waals surface area contributed by atoms with Crippen LogP contribution in [0.15, 0.2) is 18.2 Å². The Hall–Kier alpha value is -1.02. The van der Waals surface area contributed by atoms with Crippen molar-refractivity contribution in [2.24, 2.45) is 0 Å². The van der Waals surface area contributed by atoms with Crippen molar-refractivity contribution in [3.8, 4) is 5.75 Å². The Morgan fingerprint density at radius 2 is 2.27 bits per heavy atom. The van der Waals surface area contributed by atoms with Gasteiger partial charge in [0.1, 0.15) is 5.75 Å². The first-order valence-electron chi connectivity index (χ1n) is 3.67. The maximum absolute atomic E-state index is 5.28. The maximum Gasteiger partial charge on any atom is 0.189 e.